The molecule has 1 atom stereocenters. The first-order valence-electron chi connectivity index (χ1n) is 7.98. The summed E-state index contributed by atoms with van der Waals surface area (Å²) >= 11 is 3.08. The molecule has 0 radical (unpaired) electrons. The summed E-state index contributed by atoms with van der Waals surface area (Å²) in [7, 11) is 1.78. The highest BCUT2D eigenvalue weighted by Crippen LogP contribution is 2.28. The molecule has 0 saturated heterocycles. The molecule has 130 valence electrons. The van der Waals surface area contributed by atoms with E-state index in [0.29, 0.717) is 12.1 Å². The Labute approximate surface area is 154 Å². The zero-order valence-corrected chi connectivity index (χ0v) is 15.7. The number of aromatic nitrogens is 1. The summed E-state index contributed by atoms with van der Waals surface area (Å²) in [4.78, 5) is 30.6. The normalized spacial score (nSPS) is 12.1. The number of para-hydroxylation sites is 1. The van der Waals surface area contributed by atoms with Crippen molar-refractivity contribution in [2.24, 2.45) is 0 Å². The van der Waals surface area contributed by atoms with Crippen LogP contribution in [0.15, 0.2) is 41.1 Å². The molecule has 2 amide bonds. The van der Waals surface area contributed by atoms with E-state index in [0.717, 1.165) is 15.2 Å². The van der Waals surface area contributed by atoms with Crippen LogP contribution in [0.5, 0.6) is 0 Å². The van der Waals surface area contributed by atoms with Gasteiger partial charge < -0.3 is 10.2 Å². The average Bonchev–Trinajstić information content (AvgIpc) is 3.29. The summed E-state index contributed by atoms with van der Waals surface area (Å²) in [5.41, 5.74) is 1.59. The molecule has 0 saturated carbocycles. The number of fused-ring (bicyclic) bond motifs is 1. The Bertz CT molecular complexity index is 840. The maximum atomic E-state index is 12.4. The fraction of sp³-hybridized carbons (Fsp3) is 0.278. The van der Waals surface area contributed by atoms with E-state index in [1.54, 1.807) is 34.7 Å². The fourth-order valence-corrected chi connectivity index (χ4v) is 4.10. The van der Waals surface area contributed by atoms with E-state index in [2.05, 4.69) is 10.3 Å². The molecule has 0 fully saturated rings. The maximum Gasteiger partial charge on any atom is 0.252 e. The van der Waals surface area contributed by atoms with E-state index in [4.69, 9.17) is 0 Å². The standard InChI is InChI=1S/C18H19N3O2S2/c1-12(18-20-14-5-3-4-6-15(14)25-18)21(2)16(22)7-9-19-17(23)13-8-10-24-11-13/h3-6,8,10-12H,7,9H2,1-2H3,(H,19,23)/t12-/m0/s1. The van der Waals surface area contributed by atoms with Gasteiger partial charge in [-0.15, -0.1) is 11.3 Å². The fourth-order valence-electron chi connectivity index (χ4n) is 2.41. The number of hydrogen-bond acceptors (Lipinski definition) is 5. The van der Waals surface area contributed by atoms with Gasteiger partial charge in [-0.25, -0.2) is 4.98 Å². The molecule has 1 N–H and O–H groups in total. The minimum absolute atomic E-state index is 0.0163. The number of nitrogens with one attached hydrogen (secondary N) is 1. The van der Waals surface area contributed by atoms with Crippen LogP contribution >= 0.6 is 22.7 Å². The average molecular weight is 374 g/mol. The molecule has 0 bridgehead atoms. The van der Waals surface area contributed by atoms with E-state index >= 15 is 0 Å². The smallest absolute Gasteiger partial charge is 0.252 e. The molecular formula is C18H19N3O2S2. The van der Waals surface area contributed by atoms with Crippen molar-refractivity contribution in [3.05, 3.63) is 51.7 Å². The van der Waals surface area contributed by atoms with Crippen LogP contribution < -0.4 is 5.32 Å². The maximum absolute atomic E-state index is 12.4. The van der Waals surface area contributed by atoms with Gasteiger partial charge in [0.15, 0.2) is 0 Å². The van der Waals surface area contributed by atoms with Gasteiger partial charge in [0.25, 0.3) is 5.91 Å². The molecule has 2 aromatic heterocycles. The highest BCUT2D eigenvalue weighted by Gasteiger charge is 2.20. The van der Waals surface area contributed by atoms with Crippen LogP contribution in [0.2, 0.25) is 0 Å². The number of nitrogens with zero attached hydrogens (tertiary/aromatic N) is 2. The predicted octanol–water partition coefficient (Wildman–Crippen LogP) is 3.70. The number of thiazole rings is 1. The van der Waals surface area contributed by atoms with Gasteiger partial charge in [-0.3, -0.25) is 9.59 Å². The number of rotatable bonds is 6. The molecular weight excluding hydrogens is 354 g/mol. The Morgan fingerprint density at radius 2 is 2.08 bits per heavy atom. The van der Waals surface area contributed by atoms with Gasteiger partial charge in [-0.2, -0.15) is 11.3 Å². The van der Waals surface area contributed by atoms with E-state index in [1.807, 2.05) is 36.6 Å². The molecule has 0 aliphatic rings. The summed E-state index contributed by atoms with van der Waals surface area (Å²) in [5.74, 6) is -0.159. The molecule has 3 rings (SSSR count). The molecule has 3 aromatic rings. The summed E-state index contributed by atoms with van der Waals surface area (Å²) < 4.78 is 1.12. The first kappa shape index (κ1) is 17.6. The molecule has 1 aromatic carbocycles. The molecule has 5 nitrogen and oxygen atoms in total. The van der Waals surface area contributed by atoms with Crippen LogP contribution in [0.25, 0.3) is 10.2 Å². The van der Waals surface area contributed by atoms with Crippen molar-refractivity contribution >= 4 is 44.7 Å². The van der Waals surface area contributed by atoms with Crippen LogP contribution in [0, 0.1) is 0 Å². The second kappa shape index (κ2) is 7.76. The van der Waals surface area contributed by atoms with Crippen LogP contribution in [0.1, 0.15) is 34.8 Å². The van der Waals surface area contributed by atoms with E-state index in [9.17, 15) is 9.59 Å². The minimum Gasteiger partial charge on any atom is -0.351 e. The SMILES string of the molecule is C[C@@H](c1nc2ccccc2s1)N(C)C(=O)CCNC(=O)c1ccsc1. The second-order valence-corrected chi connectivity index (χ2v) is 7.56. The van der Waals surface area contributed by atoms with Crippen molar-refractivity contribution < 1.29 is 9.59 Å². The summed E-state index contributed by atoms with van der Waals surface area (Å²) in [6.07, 6.45) is 0.265. The van der Waals surface area contributed by atoms with Crippen LogP contribution in [0.3, 0.4) is 0 Å². The van der Waals surface area contributed by atoms with Gasteiger partial charge >= 0.3 is 0 Å². The summed E-state index contributed by atoms with van der Waals surface area (Å²) in [6, 6.07) is 9.62. The van der Waals surface area contributed by atoms with Gasteiger partial charge in [0.2, 0.25) is 5.91 Å². The Morgan fingerprint density at radius 1 is 1.28 bits per heavy atom. The van der Waals surface area contributed by atoms with Gasteiger partial charge in [0, 0.05) is 31.0 Å². The highest BCUT2D eigenvalue weighted by molar-refractivity contribution is 7.18. The lowest BCUT2D eigenvalue weighted by Gasteiger charge is -2.23. The molecule has 25 heavy (non-hydrogen) atoms. The number of carbonyl (C=O) groups is 2. The molecule has 0 unspecified atom stereocenters. The minimum atomic E-state index is -0.143. The molecule has 2 heterocycles. The Hall–Kier alpha value is -2.25. The third kappa shape index (κ3) is 4.05. The Balaban J connectivity index is 1.55. The predicted molar refractivity (Wildman–Crippen MR) is 102 cm³/mol. The van der Waals surface area contributed by atoms with Crippen molar-refractivity contribution in [1.29, 1.82) is 0 Å². The second-order valence-electron chi connectivity index (χ2n) is 5.72. The van der Waals surface area contributed by atoms with Crippen molar-refractivity contribution in [3.63, 3.8) is 0 Å². The van der Waals surface area contributed by atoms with Crippen LogP contribution in [-0.2, 0) is 4.79 Å². The summed E-state index contributed by atoms with van der Waals surface area (Å²) in [5, 5.41) is 7.34. The summed E-state index contributed by atoms with van der Waals surface area (Å²) in [6.45, 7) is 2.30. The van der Waals surface area contributed by atoms with Gasteiger partial charge in [-0.1, -0.05) is 12.1 Å². The van der Waals surface area contributed by atoms with Crippen LogP contribution in [-0.4, -0.2) is 35.3 Å². The lowest BCUT2D eigenvalue weighted by molar-refractivity contribution is -0.131. The largest absolute Gasteiger partial charge is 0.351 e. The topological polar surface area (TPSA) is 62.3 Å². The molecule has 0 aliphatic carbocycles. The Kier molecular flexibility index (Phi) is 5.45. The lowest BCUT2D eigenvalue weighted by atomic mass is 10.2. The third-order valence-electron chi connectivity index (χ3n) is 4.05. The number of hydrogen-bond donors (Lipinski definition) is 1. The number of thiophene rings is 1. The van der Waals surface area contributed by atoms with Gasteiger partial charge in [-0.05, 0) is 30.5 Å². The van der Waals surface area contributed by atoms with E-state index in [-0.39, 0.29) is 24.3 Å². The van der Waals surface area contributed by atoms with E-state index in [1.165, 1.54) is 11.3 Å². The number of amides is 2. The van der Waals surface area contributed by atoms with Crippen molar-refractivity contribution in [2.75, 3.05) is 13.6 Å². The third-order valence-corrected chi connectivity index (χ3v) is 5.94. The monoisotopic (exact) mass is 373 g/mol. The molecule has 7 heteroatoms. The first-order valence-corrected chi connectivity index (χ1v) is 9.73. The number of benzene rings is 1. The molecule has 0 spiro atoms. The van der Waals surface area contributed by atoms with E-state index < -0.39 is 0 Å². The zero-order chi connectivity index (χ0) is 17.8. The van der Waals surface area contributed by atoms with Gasteiger partial charge in [0.1, 0.15) is 5.01 Å². The Morgan fingerprint density at radius 3 is 2.80 bits per heavy atom. The van der Waals surface area contributed by atoms with Crippen molar-refractivity contribution in [3.8, 4) is 0 Å². The highest BCUT2D eigenvalue weighted by atomic mass is 32.1. The van der Waals surface area contributed by atoms with Gasteiger partial charge in [0.05, 0.1) is 16.3 Å². The zero-order valence-electron chi connectivity index (χ0n) is 14.1. The van der Waals surface area contributed by atoms with Crippen LogP contribution in [0.4, 0.5) is 0 Å². The lowest BCUT2D eigenvalue weighted by Crippen LogP contribution is -2.33. The number of carbonyl (C=O) groups excluding carboxylic acids is 2. The quantitative estimate of drug-likeness (QED) is 0.717. The first-order chi connectivity index (χ1) is 12.1. The molecule has 0 aliphatic heterocycles. The van der Waals surface area contributed by atoms with Crippen molar-refractivity contribution in [1.82, 2.24) is 15.2 Å². The van der Waals surface area contributed by atoms with Crippen molar-refractivity contribution in [2.45, 2.75) is 19.4 Å².